The minimum atomic E-state index is -0.132. The maximum atomic E-state index is 9.32. The van der Waals surface area contributed by atoms with E-state index in [0.29, 0.717) is 11.8 Å². The quantitative estimate of drug-likeness (QED) is 0.538. The molecule has 1 aromatic heterocycles. The van der Waals surface area contributed by atoms with Crippen LogP contribution in [0.2, 0.25) is 0 Å². The molecule has 0 unspecified atom stereocenters. The molecule has 0 aliphatic rings. The Hall–Kier alpha value is -2.57. The highest BCUT2D eigenvalue weighted by Gasteiger charge is 2.10. The van der Waals surface area contributed by atoms with Crippen LogP contribution in [0.25, 0.3) is 11.3 Å². The van der Waals surface area contributed by atoms with Gasteiger partial charge in [-0.15, -0.1) is 11.8 Å². The van der Waals surface area contributed by atoms with Crippen LogP contribution < -0.4 is 10.6 Å². The number of thioether (sulfide) groups is 1. The molecule has 1 heterocycles. The first-order chi connectivity index (χ1) is 12.7. The maximum Gasteiger partial charge on any atom is 0.225 e. The van der Waals surface area contributed by atoms with E-state index in [4.69, 9.17) is 0 Å². The fourth-order valence-electron chi connectivity index (χ4n) is 2.48. The number of nitrogens with zero attached hydrogens (tertiary/aromatic N) is 2. The topological polar surface area (TPSA) is 70.1 Å². The largest absolute Gasteiger partial charge is 0.394 e. The van der Waals surface area contributed by atoms with Crippen molar-refractivity contribution in [3.63, 3.8) is 0 Å². The zero-order valence-corrected chi connectivity index (χ0v) is 15.6. The standard InChI is InChI=1S/C20H22N4OS/c1-14(13-25)21-20-23-17(15-8-4-3-5-9-15)12-19(24-20)22-16-10-6-7-11-18(16)26-2/h3-12,14,25H,13H2,1-2H3,(H2,21,22,23,24)/t14-/m0/s1. The Balaban J connectivity index is 1.99. The molecule has 0 saturated carbocycles. The van der Waals surface area contributed by atoms with Gasteiger partial charge < -0.3 is 15.7 Å². The smallest absolute Gasteiger partial charge is 0.225 e. The number of aliphatic hydroxyl groups excluding tert-OH is 1. The predicted molar refractivity (Wildman–Crippen MR) is 109 cm³/mol. The molecule has 0 amide bonds. The van der Waals surface area contributed by atoms with E-state index < -0.39 is 0 Å². The predicted octanol–water partition coefficient (Wildman–Crippen LogP) is 4.40. The van der Waals surface area contributed by atoms with Crippen molar-refractivity contribution in [1.29, 1.82) is 0 Å². The molecule has 0 saturated heterocycles. The molecule has 0 radical (unpaired) electrons. The van der Waals surface area contributed by atoms with Crippen LogP contribution in [0.5, 0.6) is 0 Å². The molecular weight excluding hydrogens is 344 g/mol. The number of aromatic nitrogens is 2. The molecule has 6 heteroatoms. The highest BCUT2D eigenvalue weighted by Crippen LogP contribution is 2.29. The number of aliphatic hydroxyl groups is 1. The summed E-state index contributed by atoms with van der Waals surface area (Å²) in [5.41, 5.74) is 2.83. The second-order valence-corrected chi connectivity index (χ2v) is 6.73. The molecule has 0 bridgehead atoms. The summed E-state index contributed by atoms with van der Waals surface area (Å²) in [6, 6.07) is 19.9. The van der Waals surface area contributed by atoms with Gasteiger partial charge >= 0.3 is 0 Å². The minimum absolute atomic E-state index is 0.0109. The highest BCUT2D eigenvalue weighted by molar-refractivity contribution is 7.98. The van der Waals surface area contributed by atoms with E-state index in [9.17, 15) is 5.11 Å². The zero-order valence-electron chi connectivity index (χ0n) is 14.8. The number of nitrogens with one attached hydrogen (secondary N) is 2. The van der Waals surface area contributed by atoms with Crippen LogP contribution in [0, 0.1) is 0 Å². The van der Waals surface area contributed by atoms with Gasteiger partial charge in [-0.3, -0.25) is 0 Å². The van der Waals surface area contributed by atoms with Crippen LogP contribution in [0.1, 0.15) is 6.92 Å². The highest BCUT2D eigenvalue weighted by atomic mass is 32.2. The van der Waals surface area contributed by atoms with E-state index in [-0.39, 0.29) is 12.6 Å². The third kappa shape index (κ3) is 4.53. The first-order valence-corrected chi connectivity index (χ1v) is 9.64. The number of anilines is 3. The molecule has 2 aromatic carbocycles. The third-order valence-corrected chi connectivity index (χ3v) is 4.61. The molecule has 3 rings (SSSR count). The number of hydrogen-bond acceptors (Lipinski definition) is 6. The Morgan fingerprint density at radius 2 is 1.77 bits per heavy atom. The monoisotopic (exact) mass is 366 g/mol. The SMILES string of the molecule is CSc1ccccc1Nc1cc(-c2ccccc2)nc(N[C@@H](C)CO)n1. The van der Waals surface area contributed by atoms with Crippen LogP contribution in [0.4, 0.5) is 17.5 Å². The average molecular weight is 366 g/mol. The lowest BCUT2D eigenvalue weighted by Gasteiger charge is -2.15. The van der Waals surface area contributed by atoms with Crippen LogP contribution >= 0.6 is 11.8 Å². The Bertz CT molecular complexity index is 857. The van der Waals surface area contributed by atoms with E-state index >= 15 is 0 Å². The molecule has 0 aliphatic carbocycles. The molecule has 26 heavy (non-hydrogen) atoms. The van der Waals surface area contributed by atoms with Gasteiger partial charge in [0.05, 0.1) is 18.0 Å². The summed E-state index contributed by atoms with van der Waals surface area (Å²) < 4.78 is 0. The fourth-order valence-corrected chi connectivity index (χ4v) is 3.04. The lowest BCUT2D eigenvalue weighted by Crippen LogP contribution is -2.21. The van der Waals surface area contributed by atoms with E-state index in [1.54, 1.807) is 11.8 Å². The van der Waals surface area contributed by atoms with Crippen LogP contribution in [-0.2, 0) is 0 Å². The average Bonchev–Trinajstić information content (AvgIpc) is 2.69. The molecule has 3 aromatic rings. The first kappa shape index (κ1) is 18.2. The van der Waals surface area contributed by atoms with Crippen LogP contribution in [0.15, 0.2) is 65.6 Å². The summed E-state index contributed by atoms with van der Waals surface area (Å²) in [6.07, 6.45) is 2.05. The summed E-state index contributed by atoms with van der Waals surface area (Å²) >= 11 is 1.68. The van der Waals surface area contributed by atoms with Gasteiger partial charge in [-0.2, -0.15) is 4.98 Å². The van der Waals surface area contributed by atoms with E-state index in [2.05, 4.69) is 26.7 Å². The lowest BCUT2D eigenvalue weighted by atomic mass is 10.1. The van der Waals surface area contributed by atoms with Gasteiger partial charge in [0.2, 0.25) is 5.95 Å². The minimum Gasteiger partial charge on any atom is -0.394 e. The Kier molecular flexibility index (Phi) is 6.09. The summed E-state index contributed by atoms with van der Waals surface area (Å²) in [5.74, 6) is 1.19. The summed E-state index contributed by atoms with van der Waals surface area (Å²) in [7, 11) is 0. The summed E-state index contributed by atoms with van der Waals surface area (Å²) in [6.45, 7) is 1.89. The van der Waals surface area contributed by atoms with Gasteiger partial charge in [0.1, 0.15) is 5.82 Å². The molecule has 1 atom stereocenters. The van der Waals surface area contributed by atoms with Crippen molar-refractivity contribution in [2.45, 2.75) is 17.9 Å². The fraction of sp³-hybridized carbons (Fsp3) is 0.200. The molecule has 0 fully saturated rings. The van der Waals surface area contributed by atoms with Crippen LogP contribution in [0.3, 0.4) is 0 Å². The Morgan fingerprint density at radius 1 is 1.04 bits per heavy atom. The molecular formula is C20H22N4OS. The lowest BCUT2D eigenvalue weighted by molar-refractivity contribution is 0.281. The van der Waals surface area contributed by atoms with E-state index in [0.717, 1.165) is 21.8 Å². The number of para-hydroxylation sites is 1. The van der Waals surface area contributed by atoms with Crippen molar-refractivity contribution >= 4 is 29.2 Å². The molecule has 0 spiro atoms. The number of benzene rings is 2. The van der Waals surface area contributed by atoms with Crippen molar-refractivity contribution < 1.29 is 5.11 Å². The van der Waals surface area contributed by atoms with Crippen molar-refractivity contribution in [2.75, 3.05) is 23.5 Å². The second kappa shape index (κ2) is 8.69. The van der Waals surface area contributed by atoms with E-state index in [1.165, 1.54) is 0 Å². The van der Waals surface area contributed by atoms with Gasteiger partial charge in [-0.25, -0.2) is 4.98 Å². The van der Waals surface area contributed by atoms with Crippen molar-refractivity contribution in [3.05, 3.63) is 60.7 Å². The van der Waals surface area contributed by atoms with Crippen LogP contribution in [-0.4, -0.2) is 34.0 Å². The first-order valence-electron chi connectivity index (χ1n) is 8.41. The van der Waals surface area contributed by atoms with Gasteiger partial charge in [0, 0.05) is 22.6 Å². The van der Waals surface area contributed by atoms with Crippen molar-refractivity contribution in [2.24, 2.45) is 0 Å². The molecule has 134 valence electrons. The summed E-state index contributed by atoms with van der Waals surface area (Å²) in [5, 5.41) is 15.8. The molecule has 5 nitrogen and oxygen atoms in total. The molecule has 3 N–H and O–H groups in total. The number of rotatable bonds is 7. The van der Waals surface area contributed by atoms with E-state index in [1.807, 2.05) is 67.8 Å². The normalized spacial score (nSPS) is 11.8. The maximum absolute atomic E-state index is 9.32. The Morgan fingerprint density at radius 3 is 2.50 bits per heavy atom. The third-order valence-electron chi connectivity index (χ3n) is 3.81. The van der Waals surface area contributed by atoms with Crippen molar-refractivity contribution in [3.8, 4) is 11.3 Å². The van der Waals surface area contributed by atoms with Crippen molar-refractivity contribution in [1.82, 2.24) is 9.97 Å². The zero-order chi connectivity index (χ0) is 18.4. The van der Waals surface area contributed by atoms with Gasteiger partial charge in [0.25, 0.3) is 0 Å². The molecule has 0 aliphatic heterocycles. The summed E-state index contributed by atoms with van der Waals surface area (Å²) in [4.78, 5) is 10.3. The Labute approximate surface area is 157 Å². The van der Waals surface area contributed by atoms with Gasteiger partial charge in [-0.1, -0.05) is 42.5 Å². The van der Waals surface area contributed by atoms with Gasteiger partial charge in [-0.05, 0) is 25.3 Å². The second-order valence-electron chi connectivity index (χ2n) is 5.88. The van der Waals surface area contributed by atoms with Gasteiger partial charge in [0.15, 0.2) is 0 Å². The number of hydrogen-bond donors (Lipinski definition) is 3.